The van der Waals surface area contributed by atoms with Crippen LogP contribution in [0.5, 0.6) is 0 Å². The summed E-state index contributed by atoms with van der Waals surface area (Å²) in [6, 6.07) is 17.8. The van der Waals surface area contributed by atoms with Crippen molar-refractivity contribution in [1.82, 2.24) is 15.1 Å². The molecule has 0 atom stereocenters. The van der Waals surface area contributed by atoms with Crippen LogP contribution < -0.4 is 5.32 Å². The van der Waals surface area contributed by atoms with E-state index in [1.807, 2.05) is 12.1 Å². The van der Waals surface area contributed by atoms with Gasteiger partial charge in [0.05, 0.1) is 11.6 Å². The molecule has 2 aromatic carbocycles. The van der Waals surface area contributed by atoms with Crippen molar-refractivity contribution in [3.8, 4) is 6.07 Å². The highest BCUT2D eigenvalue weighted by molar-refractivity contribution is 5.73. The molecule has 146 valence electrons. The van der Waals surface area contributed by atoms with Crippen LogP contribution in [0.3, 0.4) is 0 Å². The fourth-order valence-corrected chi connectivity index (χ4v) is 3.48. The van der Waals surface area contributed by atoms with Crippen LogP contribution in [0.25, 0.3) is 0 Å². The second-order valence-corrected chi connectivity index (χ2v) is 7.48. The first-order chi connectivity index (χ1) is 13.6. The van der Waals surface area contributed by atoms with Gasteiger partial charge in [0.25, 0.3) is 0 Å². The van der Waals surface area contributed by atoms with Gasteiger partial charge < -0.3 is 10.2 Å². The number of amides is 2. The Bertz CT molecular complexity index is 802. The molecule has 3 rings (SSSR count). The summed E-state index contributed by atoms with van der Waals surface area (Å²) in [6.07, 6.45) is 3.97. The molecule has 2 aromatic rings. The molecule has 0 unspecified atom stereocenters. The minimum Gasteiger partial charge on any atom is -0.334 e. The van der Waals surface area contributed by atoms with Crippen LogP contribution in [0.4, 0.5) is 4.79 Å². The van der Waals surface area contributed by atoms with Gasteiger partial charge in [-0.3, -0.25) is 4.90 Å². The van der Waals surface area contributed by atoms with Crippen LogP contribution in [0, 0.1) is 11.3 Å². The highest BCUT2D eigenvalue weighted by Crippen LogP contribution is 2.14. The molecule has 1 aliphatic heterocycles. The van der Waals surface area contributed by atoms with Gasteiger partial charge in [0.2, 0.25) is 0 Å². The van der Waals surface area contributed by atoms with E-state index < -0.39 is 0 Å². The lowest BCUT2D eigenvalue weighted by atomic mass is 10.1. The smallest absolute Gasteiger partial charge is 0.317 e. The first-order valence-corrected chi connectivity index (χ1v) is 9.92. The number of rotatable bonds is 6. The second kappa shape index (κ2) is 9.91. The van der Waals surface area contributed by atoms with Crippen LogP contribution in [0.15, 0.2) is 48.5 Å². The van der Waals surface area contributed by atoms with Gasteiger partial charge in [-0.1, -0.05) is 42.8 Å². The maximum Gasteiger partial charge on any atom is 0.317 e. The largest absolute Gasteiger partial charge is 0.334 e. The number of carbonyl (C=O) groups excluding carboxylic acids is 1. The molecule has 0 saturated carbocycles. The molecular formula is C23H28N4O. The Balaban J connectivity index is 1.44. The Morgan fingerprint density at radius 2 is 1.61 bits per heavy atom. The molecule has 0 aliphatic carbocycles. The minimum absolute atomic E-state index is 0.109. The van der Waals surface area contributed by atoms with Crippen molar-refractivity contribution in [3.05, 3.63) is 70.8 Å². The third-order valence-electron chi connectivity index (χ3n) is 5.17. The van der Waals surface area contributed by atoms with Crippen molar-refractivity contribution < 1.29 is 4.79 Å². The number of urea groups is 1. The molecule has 1 aliphatic rings. The molecule has 0 spiro atoms. The number of nitriles is 1. The number of likely N-dealkylation sites (tertiary alicyclic amines) is 1. The molecule has 0 radical (unpaired) electrons. The van der Waals surface area contributed by atoms with Crippen LogP contribution in [-0.2, 0) is 19.6 Å². The lowest BCUT2D eigenvalue weighted by molar-refractivity contribution is 0.206. The summed E-state index contributed by atoms with van der Waals surface area (Å²) in [6.45, 7) is 4.43. The Kier molecular flexibility index (Phi) is 7.05. The van der Waals surface area contributed by atoms with Gasteiger partial charge in [-0.05, 0) is 54.8 Å². The van der Waals surface area contributed by atoms with E-state index in [2.05, 4.69) is 40.6 Å². The quantitative estimate of drug-likeness (QED) is 0.832. The maximum absolute atomic E-state index is 12.3. The van der Waals surface area contributed by atoms with E-state index in [1.165, 1.54) is 37.9 Å². The fraction of sp³-hybridized carbons (Fsp3) is 0.391. The van der Waals surface area contributed by atoms with Gasteiger partial charge in [0.1, 0.15) is 0 Å². The summed E-state index contributed by atoms with van der Waals surface area (Å²) in [5.74, 6) is 0. The number of benzene rings is 2. The summed E-state index contributed by atoms with van der Waals surface area (Å²) in [7, 11) is 1.77. The summed E-state index contributed by atoms with van der Waals surface area (Å²) < 4.78 is 0. The zero-order valence-electron chi connectivity index (χ0n) is 16.5. The van der Waals surface area contributed by atoms with E-state index in [0.29, 0.717) is 18.7 Å². The summed E-state index contributed by atoms with van der Waals surface area (Å²) >= 11 is 0. The topological polar surface area (TPSA) is 59.4 Å². The third-order valence-corrected chi connectivity index (χ3v) is 5.17. The predicted molar refractivity (Wildman–Crippen MR) is 110 cm³/mol. The van der Waals surface area contributed by atoms with Crippen molar-refractivity contribution in [1.29, 1.82) is 5.26 Å². The van der Waals surface area contributed by atoms with Gasteiger partial charge >= 0.3 is 6.03 Å². The standard InChI is InChI=1S/C23H28N4O/c1-26(17-21-9-5-19(15-24)6-10-21)23(28)25-16-20-7-11-22(12-8-20)18-27-13-3-2-4-14-27/h5-12H,2-4,13-14,16-18H2,1H3,(H,25,28). The molecule has 5 nitrogen and oxygen atoms in total. The van der Waals surface area contributed by atoms with E-state index in [1.54, 1.807) is 24.1 Å². The summed E-state index contributed by atoms with van der Waals surface area (Å²) in [5.41, 5.74) is 4.05. The second-order valence-electron chi connectivity index (χ2n) is 7.48. The molecule has 0 aromatic heterocycles. The molecule has 1 heterocycles. The van der Waals surface area contributed by atoms with Gasteiger partial charge in [0, 0.05) is 26.7 Å². The third kappa shape index (κ3) is 5.83. The van der Waals surface area contributed by atoms with Crippen molar-refractivity contribution >= 4 is 6.03 Å². The lowest BCUT2D eigenvalue weighted by Crippen LogP contribution is -2.36. The minimum atomic E-state index is -0.109. The number of carbonyl (C=O) groups is 1. The molecule has 1 N–H and O–H groups in total. The first-order valence-electron chi connectivity index (χ1n) is 9.92. The molecule has 0 bridgehead atoms. The van der Waals surface area contributed by atoms with E-state index >= 15 is 0 Å². The molecular weight excluding hydrogens is 348 g/mol. The highest BCUT2D eigenvalue weighted by atomic mass is 16.2. The average Bonchev–Trinajstić information content (AvgIpc) is 2.74. The molecule has 28 heavy (non-hydrogen) atoms. The average molecular weight is 377 g/mol. The van der Waals surface area contributed by atoms with Gasteiger partial charge in [-0.25, -0.2) is 4.79 Å². The highest BCUT2D eigenvalue weighted by Gasteiger charge is 2.11. The zero-order chi connectivity index (χ0) is 19.8. The van der Waals surface area contributed by atoms with Crippen molar-refractivity contribution in [3.63, 3.8) is 0 Å². The molecule has 5 heteroatoms. The monoisotopic (exact) mass is 376 g/mol. The molecule has 2 amide bonds. The van der Waals surface area contributed by atoms with Crippen LogP contribution in [0.2, 0.25) is 0 Å². The first kappa shape index (κ1) is 19.9. The Morgan fingerprint density at radius 3 is 2.25 bits per heavy atom. The maximum atomic E-state index is 12.3. The van der Waals surface area contributed by atoms with Crippen LogP contribution >= 0.6 is 0 Å². The number of hydrogen-bond acceptors (Lipinski definition) is 3. The van der Waals surface area contributed by atoms with Crippen molar-refractivity contribution in [2.24, 2.45) is 0 Å². The van der Waals surface area contributed by atoms with Crippen LogP contribution in [0.1, 0.15) is 41.5 Å². The van der Waals surface area contributed by atoms with Gasteiger partial charge in [-0.2, -0.15) is 5.26 Å². The SMILES string of the molecule is CN(Cc1ccc(C#N)cc1)C(=O)NCc1ccc(CN2CCCCC2)cc1. The summed E-state index contributed by atoms with van der Waals surface area (Å²) in [4.78, 5) is 16.5. The lowest BCUT2D eigenvalue weighted by Gasteiger charge is -2.26. The van der Waals surface area contributed by atoms with Gasteiger partial charge in [0.15, 0.2) is 0 Å². The predicted octanol–water partition coefficient (Wildman–Crippen LogP) is 3.89. The Hall–Kier alpha value is -2.84. The number of piperidine rings is 1. The summed E-state index contributed by atoms with van der Waals surface area (Å²) in [5, 5.41) is 11.8. The van der Waals surface area contributed by atoms with E-state index in [4.69, 9.17) is 5.26 Å². The van der Waals surface area contributed by atoms with E-state index in [-0.39, 0.29) is 6.03 Å². The van der Waals surface area contributed by atoms with E-state index in [9.17, 15) is 4.79 Å². The Labute approximate surface area is 167 Å². The normalized spacial score (nSPS) is 14.3. The Morgan fingerprint density at radius 1 is 1.00 bits per heavy atom. The van der Waals surface area contributed by atoms with Crippen molar-refractivity contribution in [2.75, 3.05) is 20.1 Å². The number of nitrogens with zero attached hydrogens (tertiary/aromatic N) is 3. The van der Waals surface area contributed by atoms with Gasteiger partial charge in [-0.15, -0.1) is 0 Å². The molecule has 1 fully saturated rings. The van der Waals surface area contributed by atoms with Crippen molar-refractivity contribution in [2.45, 2.75) is 38.9 Å². The fourth-order valence-electron chi connectivity index (χ4n) is 3.48. The number of nitrogens with one attached hydrogen (secondary N) is 1. The zero-order valence-corrected chi connectivity index (χ0v) is 16.5. The van der Waals surface area contributed by atoms with Crippen LogP contribution in [-0.4, -0.2) is 36.0 Å². The van der Waals surface area contributed by atoms with E-state index in [0.717, 1.165) is 17.7 Å². The molecule has 1 saturated heterocycles. The number of hydrogen-bond donors (Lipinski definition) is 1.